The van der Waals surface area contributed by atoms with Crippen LogP contribution in [0.2, 0.25) is 0 Å². The minimum atomic E-state index is 0.180. The first-order valence-corrected chi connectivity index (χ1v) is 6.03. The quantitative estimate of drug-likeness (QED) is 0.488. The van der Waals surface area contributed by atoms with E-state index in [-0.39, 0.29) is 5.11 Å². The van der Waals surface area contributed by atoms with Crippen LogP contribution in [0.3, 0.4) is 0 Å². The largest absolute Gasteiger partial charge is 0.375 e. The highest BCUT2D eigenvalue weighted by Crippen LogP contribution is 2.25. The van der Waals surface area contributed by atoms with E-state index in [1.807, 2.05) is 19.1 Å². The molecule has 0 spiro atoms. The maximum atomic E-state index is 5.32. The van der Waals surface area contributed by atoms with E-state index in [9.17, 15) is 0 Å². The predicted molar refractivity (Wildman–Crippen MR) is 74.0 cm³/mol. The molecule has 3 nitrogen and oxygen atoms in total. The Morgan fingerprint density at radius 1 is 1.44 bits per heavy atom. The van der Waals surface area contributed by atoms with E-state index >= 15 is 0 Å². The van der Waals surface area contributed by atoms with Crippen LogP contribution in [0.4, 0.5) is 0 Å². The molecule has 2 rings (SSSR count). The highest BCUT2D eigenvalue weighted by molar-refractivity contribution is 7.80. The summed E-state index contributed by atoms with van der Waals surface area (Å²) in [5.41, 5.74) is 9.92. The molecule has 82 valence electrons. The van der Waals surface area contributed by atoms with E-state index in [0.29, 0.717) is 0 Å². The van der Waals surface area contributed by atoms with Crippen LogP contribution < -0.4 is 11.2 Å². The van der Waals surface area contributed by atoms with Crippen LogP contribution in [0.25, 0.3) is 10.1 Å². The zero-order valence-electron chi connectivity index (χ0n) is 8.73. The Balaban J connectivity index is 2.40. The minimum Gasteiger partial charge on any atom is -0.375 e. The Labute approximate surface area is 103 Å². The zero-order chi connectivity index (χ0) is 11.5. The molecule has 0 aliphatic rings. The first-order valence-electron chi connectivity index (χ1n) is 4.75. The lowest BCUT2D eigenvalue weighted by Crippen LogP contribution is -2.25. The number of fused-ring (bicyclic) bond motifs is 1. The van der Waals surface area contributed by atoms with E-state index in [1.54, 1.807) is 11.3 Å². The lowest BCUT2D eigenvalue weighted by atomic mass is 10.1. The monoisotopic (exact) mass is 249 g/mol. The molecule has 0 aliphatic carbocycles. The van der Waals surface area contributed by atoms with Crippen molar-refractivity contribution in [2.75, 3.05) is 0 Å². The van der Waals surface area contributed by atoms with E-state index in [4.69, 9.17) is 18.0 Å². The summed E-state index contributed by atoms with van der Waals surface area (Å²) in [6, 6.07) is 8.23. The molecule has 0 bridgehead atoms. The number of thiocarbonyl (C=S) groups is 1. The topological polar surface area (TPSA) is 50.4 Å². The molecule has 3 N–H and O–H groups in total. The third kappa shape index (κ3) is 2.20. The SMILES string of the molecule is CC(=NNC(N)=S)c1csc2ccccc12. The summed E-state index contributed by atoms with van der Waals surface area (Å²) >= 11 is 6.41. The van der Waals surface area contributed by atoms with Crippen molar-refractivity contribution in [2.45, 2.75) is 6.92 Å². The number of hydrazone groups is 1. The average molecular weight is 249 g/mol. The van der Waals surface area contributed by atoms with Gasteiger partial charge >= 0.3 is 0 Å². The summed E-state index contributed by atoms with van der Waals surface area (Å²) in [5.74, 6) is 0. The van der Waals surface area contributed by atoms with Crippen LogP contribution >= 0.6 is 23.6 Å². The van der Waals surface area contributed by atoms with Gasteiger partial charge in [-0.2, -0.15) is 5.10 Å². The van der Waals surface area contributed by atoms with Gasteiger partial charge in [0.15, 0.2) is 5.11 Å². The smallest absolute Gasteiger partial charge is 0.184 e. The molecule has 0 aliphatic heterocycles. The fourth-order valence-electron chi connectivity index (χ4n) is 1.46. The first kappa shape index (κ1) is 11.0. The van der Waals surface area contributed by atoms with Gasteiger partial charge in [0.05, 0.1) is 5.71 Å². The molecule has 0 amide bonds. The Morgan fingerprint density at radius 3 is 2.94 bits per heavy atom. The number of nitrogens with two attached hydrogens (primary N) is 1. The minimum absolute atomic E-state index is 0.180. The number of thiophene rings is 1. The molecule has 0 radical (unpaired) electrons. The van der Waals surface area contributed by atoms with Crippen LogP contribution in [0.1, 0.15) is 12.5 Å². The normalized spacial score (nSPS) is 11.7. The second kappa shape index (κ2) is 4.59. The van der Waals surface area contributed by atoms with Crippen molar-refractivity contribution in [3.05, 3.63) is 35.2 Å². The van der Waals surface area contributed by atoms with Crippen LogP contribution in [0.5, 0.6) is 0 Å². The Hall–Kier alpha value is -1.46. The Morgan fingerprint density at radius 2 is 2.19 bits per heavy atom. The van der Waals surface area contributed by atoms with Gasteiger partial charge < -0.3 is 5.73 Å². The second-order valence-electron chi connectivity index (χ2n) is 3.32. The summed E-state index contributed by atoms with van der Waals surface area (Å²) in [6.07, 6.45) is 0. The summed E-state index contributed by atoms with van der Waals surface area (Å²) in [5, 5.41) is 7.60. The lowest BCUT2D eigenvalue weighted by molar-refractivity contribution is 1.03. The Kier molecular flexibility index (Phi) is 3.17. The molecule has 5 heteroatoms. The second-order valence-corrected chi connectivity index (χ2v) is 4.67. The van der Waals surface area contributed by atoms with E-state index < -0.39 is 0 Å². The summed E-state index contributed by atoms with van der Waals surface area (Å²) in [4.78, 5) is 0. The number of benzene rings is 1. The maximum absolute atomic E-state index is 5.32. The standard InChI is InChI=1S/C11H11N3S2/c1-7(13-14-11(12)15)9-6-16-10-5-3-2-4-8(9)10/h2-6H,1H3,(H3,12,14,15). The van der Waals surface area contributed by atoms with Gasteiger partial charge in [0.2, 0.25) is 0 Å². The number of hydrogen-bond donors (Lipinski definition) is 2. The van der Waals surface area contributed by atoms with Crippen molar-refractivity contribution in [3.8, 4) is 0 Å². The van der Waals surface area contributed by atoms with E-state index in [0.717, 1.165) is 11.3 Å². The van der Waals surface area contributed by atoms with Crippen molar-refractivity contribution in [1.29, 1.82) is 0 Å². The molecule has 1 aromatic heterocycles. The molecule has 0 saturated heterocycles. The van der Waals surface area contributed by atoms with Gasteiger partial charge in [-0.25, -0.2) is 0 Å². The van der Waals surface area contributed by atoms with Crippen LogP contribution in [-0.4, -0.2) is 10.8 Å². The third-order valence-corrected chi connectivity index (χ3v) is 3.26. The number of nitrogens with one attached hydrogen (secondary N) is 1. The van der Waals surface area contributed by atoms with Crippen LogP contribution in [0, 0.1) is 0 Å². The summed E-state index contributed by atoms with van der Waals surface area (Å²) < 4.78 is 1.25. The number of hydrogen-bond acceptors (Lipinski definition) is 3. The van der Waals surface area contributed by atoms with Crippen molar-refractivity contribution in [1.82, 2.24) is 5.43 Å². The van der Waals surface area contributed by atoms with Gasteiger partial charge in [-0.15, -0.1) is 11.3 Å². The van der Waals surface area contributed by atoms with Crippen molar-refractivity contribution in [2.24, 2.45) is 10.8 Å². The van der Waals surface area contributed by atoms with Gasteiger partial charge in [-0.05, 0) is 25.2 Å². The van der Waals surface area contributed by atoms with Gasteiger partial charge in [0.25, 0.3) is 0 Å². The molecule has 16 heavy (non-hydrogen) atoms. The number of nitrogens with zero attached hydrogens (tertiary/aromatic N) is 1. The molecule has 1 heterocycles. The van der Waals surface area contributed by atoms with Crippen LogP contribution in [0.15, 0.2) is 34.7 Å². The van der Waals surface area contributed by atoms with Crippen molar-refractivity contribution < 1.29 is 0 Å². The maximum Gasteiger partial charge on any atom is 0.184 e. The third-order valence-electron chi connectivity index (χ3n) is 2.20. The molecular formula is C11H11N3S2. The fraction of sp³-hybridized carbons (Fsp3) is 0.0909. The predicted octanol–water partition coefficient (Wildman–Crippen LogP) is 2.46. The lowest BCUT2D eigenvalue weighted by Gasteiger charge is -2.00. The summed E-state index contributed by atoms with van der Waals surface area (Å²) in [7, 11) is 0. The van der Waals surface area contributed by atoms with Gasteiger partial charge in [-0.1, -0.05) is 18.2 Å². The zero-order valence-corrected chi connectivity index (χ0v) is 10.4. The molecule has 2 aromatic rings. The highest BCUT2D eigenvalue weighted by atomic mass is 32.1. The van der Waals surface area contributed by atoms with Crippen molar-refractivity contribution in [3.63, 3.8) is 0 Å². The van der Waals surface area contributed by atoms with Gasteiger partial charge in [-0.3, -0.25) is 5.43 Å². The average Bonchev–Trinajstić information content (AvgIpc) is 2.69. The van der Waals surface area contributed by atoms with Gasteiger partial charge in [0, 0.05) is 21.0 Å². The highest BCUT2D eigenvalue weighted by Gasteiger charge is 2.05. The van der Waals surface area contributed by atoms with Crippen LogP contribution in [-0.2, 0) is 0 Å². The molecular weight excluding hydrogens is 238 g/mol. The van der Waals surface area contributed by atoms with E-state index in [1.165, 1.54) is 10.1 Å². The molecule has 0 fully saturated rings. The number of rotatable bonds is 2. The molecule has 0 saturated carbocycles. The fourth-order valence-corrected chi connectivity index (χ4v) is 2.51. The first-order chi connectivity index (χ1) is 7.68. The molecule has 0 atom stereocenters. The molecule has 1 aromatic carbocycles. The Bertz CT molecular complexity index is 557. The van der Waals surface area contributed by atoms with E-state index in [2.05, 4.69) is 28.0 Å². The van der Waals surface area contributed by atoms with Crippen molar-refractivity contribution >= 4 is 44.5 Å². The molecule has 0 unspecified atom stereocenters. The summed E-state index contributed by atoms with van der Waals surface area (Å²) in [6.45, 7) is 1.93. The van der Waals surface area contributed by atoms with Gasteiger partial charge in [0.1, 0.15) is 0 Å².